The Balaban J connectivity index is 2.38. The molecule has 0 aliphatic heterocycles. The number of nitrogens with one attached hydrogen (secondary N) is 1. The molecule has 2 aromatic carbocycles. The van der Waals surface area contributed by atoms with Crippen LogP contribution in [0.2, 0.25) is 0 Å². The van der Waals surface area contributed by atoms with Crippen molar-refractivity contribution in [3.8, 4) is 0 Å². The normalized spacial score (nSPS) is 13.1. The van der Waals surface area contributed by atoms with Gasteiger partial charge in [0.1, 0.15) is 4.90 Å². The van der Waals surface area contributed by atoms with E-state index in [2.05, 4.69) is 4.72 Å². The molecule has 1 N–H and O–H groups in total. The predicted molar refractivity (Wildman–Crippen MR) is 81.0 cm³/mol. The van der Waals surface area contributed by atoms with Gasteiger partial charge in [-0.15, -0.1) is 0 Å². The topological polar surface area (TPSA) is 46.2 Å². The molecule has 1 atom stereocenters. The molecule has 0 aliphatic rings. The summed E-state index contributed by atoms with van der Waals surface area (Å²) < 4.78 is 66.7. The molecule has 0 spiro atoms. The molecule has 0 saturated heterocycles. The van der Waals surface area contributed by atoms with Gasteiger partial charge < -0.3 is 0 Å². The molecule has 0 aliphatic carbocycles. The SMILES string of the molecule is Cc1ccc(C)c(C(C)NS(=O)(=O)c2ccc(F)c(F)c2F)c1. The summed E-state index contributed by atoms with van der Waals surface area (Å²) in [6.07, 6.45) is 0. The second kappa shape index (κ2) is 6.33. The summed E-state index contributed by atoms with van der Waals surface area (Å²) in [7, 11) is -4.34. The van der Waals surface area contributed by atoms with Crippen LogP contribution >= 0.6 is 0 Å². The van der Waals surface area contributed by atoms with Gasteiger partial charge in [-0.25, -0.2) is 26.3 Å². The molecule has 0 bridgehead atoms. The Kier molecular flexibility index (Phi) is 4.81. The summed E-state index contributed by atoms with van der Waals surface area (Å²) >= 11 is 0. The van der Waals surface area contributed by atoms with Crippen LogP contribution in [0.25, 0.3) is 0 Å². The van der Waals surface area contributed by atoms with Crippen LogP contribution < -0.4 is 4.72 Å². The van der Waals surface area contributed by atoms with Gasteiger partial charge in [0.25, 0.3) is 0 Å². The van der Waals surface area contributed by atoms with Gasteiger partial charge in [0, 0.05) is 6.04 Å². The zero-order valence-electron chi connectivity index (χ0n) is 12.8. The smallest absolute Gasteiger partial charge is 0.207 e. The van der Waals surface area contributed by atoms with Crippen molar-refractivity contribution in [2.45, 2.75) is 31.7 Å². The molecule has 7 heteroatoms. The summed E-state index contributed by atoms with van der Waals surface area (Å²) in [5.74, 6) is -4.98. The van der Waals surface area contributed by atoms with Gasteiger partial charge in [0.05, 0.1) is 0 Å². The van der Waals surface area contributed by atoms with Crippen LogP contribution in [-0.2, 0) is 10.0 Å². The fourth-order valence-electron chi connectivity index (χ4n) is 2.30. The van der Waals surface area contributed by atoms with Crippen molar-refractivity contribution in [2.75, 3.05) is 0 Å². The molecule has 0 radical (unpaired) electrons. The average molecular weight is 343 g/mol. The zero-order chi connectivity index (χ0) is 17.4. The minimum atomic E-state index is -4.34. The van der Waals surface area contributed by atoms with Crippen LogP contribution in [0.1, 0.15) is 29.7 Å². The largest absolute Gasteiger partial charge is 0.244 e. The van der Waals surface area contributed by atoms with Crippen molar-refractivity contribution in [2.24, 2.45) is 0 Å². The fraction of sp³-hybridized carbons (Fsp3) is 0.250. The molecule has 3 nitrogen and oxygen atoms in total. The summed E-state index contributed by atoms with van der Waals surface area (Å²) in [6, 6.07) is 6.15. The van der Waals surface area contributed by atoms with E-state index in [0.717, 1.165) is 16.7 Å². The molecule has 0 heterocycles. The van der Waals surface area contributed by atoms with E-state index >= 15 is 0 Å². The molecule has 2 aromatic rings. The van der Waals surface area contributed by atoms with Crippen LogP contribution in [0.4, 0.5) is 13.2 Å². The highest BCUT2D eigenvalue weighted by atomic mass is 32.2. The number of halogens is 3. The summed E-state index contributed by atoms with van der Waals surface area (Å²) in [5, 5.41) is 0. The van der Waals surface area contributed by atoms with E-state index in [1.807, 2.05) is 32.0 Å². The quantitative estimate of drug-likeness (QED) is 0.859. The molecule has 124 valence electrons. The van der Waals surface area contributed by atoms with Gasteiger partial charge in [-0.2, -0.15) is 0 Å². The number of aryl methyl sites for hydroxylation is 2. The monoisotopic (exact) mass is 343 g/mol. The van der Waals surface area contributed by atoms with Crippen molar-refractivity contribution in [3.05, 3.63) is 64.5 Å². The summed E-state index contributed by atoms with van der Waals surface area (Å²) in [4.78, 5) is -0.923. The number of hydrogen-bond donors (Lipinski definition) is 1. The zero-order valence-corrected chi connectivity index (χ0v) is 13.6. The van der Waals surface area contributed by atoms with E-state index in [4.69, 9.17) is 0 Å². The van der Waals surface area contributed by atoms with Crippen molar-refractivity contribution in [3.63, 3.8) is 0 Å². The second-order valence-corrected chi connectivity index (χ2v) is 7.06. The summed E-state index contributed by atoms with van der Waals surface area (Å²) in [6.45, 7) is 5.27. The molecule has 1 unspecified atom stereocenters. The molecule has 0 aromatic heterocycles. The first-order valence-electron chi connectivity index (χ1n) is 6.86. The molecular weight excluding hydrogens is 327 g/mol. The molecular formula is C16H16F3NO2S. The van der Waals surface area contributed by atoms with Crippen molar-refractivity contribution < 1.29 is 21.6 Å². The highest BCUT2D eigenvalue weighted by molar-refractivity contribution is 7.89. The minimum absolute atomic E-state index is 0.579. The Bertz CT molecular complexity index is 851. The van der Waals surface area contributed by atoms with Gasteiger partial charge in [0.2, 0.25) is 10.0 Å². The Morgan fingerprint density at radius 2 is 1.65 bits per heavy atom. The highest BCUT2D eigenvalue weighted by Gasteiger charge is 2.26. The van der Waals surface area contributed by atoms with E-state index in [1.54, 1.807) is 6.92 Å². The van der Waals surface area contributed by atoms with Crippen LogP contribution in [0, 0.1) is 31.3 Å². The van der Waals surface area contributed by atoms with Gasteiger partial charge in [-0.3, -0.25) is 0 Å². The maximum Gasteiger partial charge on any atom is 0.244 e. The maximum atomic E-state index is 13.7. The average Bonchev–Trinajstić information content (AvgIpc) is 2.46. The van der Waals surface area contributed by atoms with E-state index < -0.39 is 38.4 Å². The first-order chi connectivity index (χ1) is 10.6. The third-order valence-electron chi connectivity index (χ3n) is 3.52. The number of benzene rings is 2. The van der Waals surface area contributed by atoms with Crippen molar-refractivity contribution >= 4 is 10.0 Å². The van der Waals surface area contributed by atoms with Gasteiger partial charge in [0.15, 0.2) is 17.5 Å². The lowest BCUT2D eigenvalue weighted by Gasteiger charge is -2.18. The van der Waals surface area contributed by atoms with E-state index in [9.17, 15) is 21.6 Å². The lowest BCUT2D eigenvalue weighted by molar-refractivity contribution is 0.431. The molecule has 0 saturated carbocycles. The summed E-state index contributed by atoms with van der Waals surface area (Å²) in [5.41, 5.74) is 2.52. The first-order valence-corrected chi connectivity index (χ1v) is 8.35. The maximum absolute atomic E-state index is 13.7. The molecule has 2 rings (SSSR count). The number of hydrogen-bond acceptors (Lipinski definition) is 2. The molecule has 0 amide bonds. The van der Waals surface area contributed by atoms with Crippen LogP contribution in [0.3, 0.4) is 0 Å². The van der Waals surface area contributed by atoms with Crippen LogP contribution in [0.5, 0.6) is 0 Å². The first kappa shape index (κ1) is 17.5. The van der Waals surface area contributed by atoms with E-state index in [0.29, 0.717) is 12.1 Å². The van der Waals surface area contributed by atoms with Gasteiger partial charge >= 0.3 is 0 Å². The number of sulfonamides is 1. The Hall–Kier alpha value is -1.86. The molecule has 0 fully saturated rings. The fourth-order valence-corrected chi connectivity index (χ4v) is 3.59. The Labute approximate surface area is 133 Å². The third kappa shape index (κ3) is 3.56. The minimum Gasteiger partial charge on any atom is -0.207 e. The second-order valence-electron chi connectivity index (χ2n) is 5.38. The third-order valence-corrected chi connectivity index (χ3v) is 5.08. The van der Waals surface area contributed by atoms with Gasteiger partial charge in [-0.05, 0) is 44.0 Å². The van der Waals surface area contributed by atoms with Crippen molar-refractivity contribution in [1.29, 1.82) is 0 Å². The lowest BCUT2D eigenvalue weighted by atomic mass is 10.0. The van der Waals surface area contributed by atoms with E-state index in [1.165, 1.54) is 0 Å². The Morgan fingerprint density at radius 1 is 1.00 bits per heavy atom. The highest BCUT2D eigenvalue weighted by Crippen LogP contribution is 2.24. The van der Waals surface area contributed by atoms with Crippen LogP contribution in [0.15, 0.2) is 35.2 Å². The Morgan fingerprint density at radius 3 is 2.30 bits per heavy atom. The van der Waals surface area contributed by atoms with E-state index in [-0.39, 0.29) is 0 Å². The molecule has 23 heavy (non-hydrogen) atoms. The number of rotatable bonds is 4. The van der Waals surface area contributed by atoms with Gasteiger partial charge in [-0.1, -0.05) is 23.8 Å². The standard InChI is InChI=1S/C16H16F3NO2S/c1-9-4-5-10(2)12(8-9)11(3)20-23(21,22)14-7-6-13(17)15(18)16(14)19/h4-8,11,20H,1-3H3. The van der Waals surface area contributed by atoms with Crippen molar-refractivity contribution in [1.82, 2.24) is 4.72 Å². The predicted octanol–water partition coefficient (Wildman–Crippen LogP) is 3.76. The van der Waals surface area contributed by atoms with Crippen LogP contribution in [-0.4, -0.2) is 8.42 Å². The lowest BCUT2D eigenvalue weighted by Crippen LogP contribution is -2.28.